The number of hydrogen-bond acceptors (Lipinski definition) is 3. The van der Waals surface area contributed by atoms with Crippen molar-refractivity contribution in [2.45, 2.75) is 25.9 Å². The summed E-state index contributed by atoms with van der Waals surface area (Å²) in [5.74, 6) is -0.339. The van der Waals surface area contributed by atoms with E-state index in [-0.39, 0.29) is 18.0 Å². The minimum Gasteiger partial charge on any atom is -0.368 e. The summed E-state index contributed by atoms with van der Waals surface area (Å²) in [5.41, 5.74) is 5.38. The van der Waals surface area contributed by atoms with E-state index in [9.17, 15) is 4.79 Å². The number of nitrogens with one attached hydrogen (secondary N) is 1. The van der Waals surface area contributed by atoms with Gasteiger partial charge in [-0.15, -0.1) is 0 Å². The topological polar surface area (TPSA) is 72.9 Å². The molecule has 0 aliphatic heterocycles. The van der Waals surface area contributed by atoms with Gasteiger partial charge in [-0.05, 0) is 58.7 Å². The van der Waals surface area contributed by atoms with E-state index in [2.05, 4.69) is 55.5 Å². The highest BCUT2D eigenvalue weighted by atomic mass is 127. The van der Waals surface area contributed by atoms with Crippen LogP contribution < -0.4 is 11.1 Å². The molecule has 0 spiro atoms. The minimum atomic E-state index is -0.372. The summed E-state index contributed by atoms with van der Waals surface area (Å²) in [5, 5.41) is 3.09. The maximum Gasteiger partial charge on any atom is 0.236 e. The fraction of sp³-hybridized carbons (Fsp3) is 0.556. The summed E-state index contributed by atoms with van der Waals surface area (Å²) in [4.78, 5) is 15.5. The van der Waals surface area contributed by atoms with Crippen LogP contribution >= 0.6 is 45.2 Å². The first kappa shape index (κ1) is 14.2. The van der Waals surface area contributed by atoms with Gasteiger partial charge in [-0.1, -0.05) is 6.92 Å². The third kappa shape index (κ3) is 3.06. The molecular weight excluding hydrogens is 434 g/mol. The lowest BCUT2D eigenvalue weighted by molar-refractivity contribution is -0.120. The third-order valence-electron chi connectivity index (χ3n) is 2.34. The predicted molar refractivity (Wildman–Crippen MR) is 79.0 cm³/mol. The normalized spacial score (nSPS) is 14.8. The molecule has 0 fully saturated rings. The molecule has 0 saturated heterocycles. The van der Waals surface area contributed by atoms with Crippen molar-refractivity contribution in [3.63, 3.8) is 0 Å². The number of aromatic nitrogens is 2. The van der Waals surface area contributed by atoms with Gasteiger partial charge >= 0.3 is 0 Å². The number of imidazole rings is 1. The van der Waals surface area contributed by atoms with Gasteiger partial charge in [-0.3, -0.25) is 4.79 Å². The molecule has 0 saturated carbocycles. The highest BCUT2D eigenvalue weighted by Gasteiger charge is 2.25. The van der Waals surface area contributed by atoms with Crippen LogP contribution in [0.4, 0.5) is 0 Å². The lowest BCUT2D eigenvalue weighted by atomic mass is 10.1. The molecule has 0 bridgehead atoms. The Morgan fingerprint density at radius 2 is 2.31 bits per heavy atom. The predicted octanol–water partition coefficient (Wildman–Crippen LogP) is 1.12. The van der Waals surface area contributed by atoms with Crippen molar-refractivity contribution in [2.75, 3.05) is 6.54 Å². The summed E-state index contributed by atoms with van der Waals surface area (Å²) in [6.45, 7) is 4.61. The number of hydrogen-bond donors (Lipinski definition) is 2. The summed E-state index contributed by atoms with van der Waals surface area (Å²) >= 11 is 4.38. The number of rotatable bonds is 5. The standard InChI is InChI=1S/C9H14I2N4O/c1-3-13-6(9(12)16)5(2)15-4-14-7(10)8(15)11/h4-6,13H,3H2,1-2H3,(H2,12,16). The van der Waals surface area contributed by atoms with Crippen molar-refractivity contribution < 1.29 is 4.79 Å². The van der Waals surface area contributed by atoms with E-state index < -0.39 is 0 Å². The van der Waals surface area contributed by atoms with Crippen LogP contribution in [-0.4, -0.2) is 28.0 Å². The maximum atomic E-state index is 11.3. The average molecular weight is 448 g/mol. The van der Waals surface area contributed by atoms with Crippen molar-refractivity contribution in [2.24, 2.45) is 5.73 Å². The van der Waals surface area contributed by atoms with Crippen molar-refractivity contribution in [3.05, 3.63) is 13.7 Å². The number of carbonyl (C=O) groups is 1. The van der Waals surface area contributed by atoms with Gasteiger partial charge in [0.05, 0.1) is 12.4 Å². The fourth-order valence-electron chi connectivity index (χ4n) is 1.50. The first-order chi connectivity index (χ1) is 7.49. The molecule has 1 heterocycles. The number of likely N-dealkylation sites (N-methyl/N-ethyl adjacent to an activating group) is 1. The molecule has 0 aliphatic rings. The highest BCUT2D eigenvalue weighted by molar-refractivity contribution is 14.1. The molecule has 1 aromatic rings. The lowest BCUT2D eigenvalue weighted by Gasteiger charge is -2.23. The summed E-state index contributed by atoms with van der Waals surface area (Å²) in [6.07, 6.45) is 1.74. The van der Waals surface area contributed by atoms with Gasteiger partial charge in [0.15, 0.2) is 0 Å². The molecule has 0 aliphatic carbocycles. The van der Waals surface area contributed by atoms with Crippen LogP contribution in [0.3, 0.4) is 0 Å². The molecule has 1 rings (SSSR count). The molecule has 5 nitrogen and oxygen atoms in total. The zero-order valence-corrected chi connectivity index (χ0v) is 13.4. The Morgan fingerprint density at radius 3 is 2.69 bits per heavy atom. The van der Waals surface area contributed by atoms with Gasteiger partial charge in [-0.2, -0.15) is 0 Å². The first-order valence-electron chi connectivity index (χ1n) is 4.89. The Morgan fingerprint density at radius 1 is 1.69 bits per heavy atom. The van der Waals surface area contributed by atoms with Crippen molar-refractivity contribution in [1.82, 2.24) is 14.9 Å². The van der Waals surface area contributed by atoms with Gasteiger partial charge < -0.3 is 15.6 Å². The van der Waals surface area contributed by atoms with Gasteiger partial charge in [0, 0.05) is 0 Å². The highest BCUT2D eigenvalue weighted by Crippen LogP contribution is 2.20. The quantitative estimate of drug-likeness (QED) is 0.664. The van der Waals surface area contributed by atoms with Crippen LogP contribution in [0.1, 0.15) is 19.9 Å². The molecule has 16 heavy (non-hydrogen) atoms. The smallest absolute Gasteiger partial charge is 0.236 e. The second kappa shape index (κ2) is 6.15. The number of amides is 1. The van der Waals surface area contributed by atoms with Crippen LogP contribution in [0, 0.1) is 7.40 Å². The summed E-state index contributed by atoms with van der Waals surface area (Å²) < 4.78 is 3.92. The van der Waals surface area contributed by atoms with Crippen LogP contribution in [0.25, 0.3) is 0 Å². The van der Waals surface area contributed by atoms with Crippen LogP contribution in [0.15, 0.2) is 6.33 Å². The number of nitrogens with two attached hydrogens (primary N) is 1. The monoisotopic (exact) mass is 448 g/mol. The number of halogens is 2. The largest absolute Gasteiger partial charge is 0.368 e. The van der Waals surface area contributed by atoms with Crippen LogP contribution in [-0.2, 0) is 4.79 Å². The van der Waals surface area contributed by atoms with Gasteiger partial charge in [0.2, 0.25) is 5.91 Å². The number of carbonyl (C=O) groups excluding carboxylic acids is 1. The zero-order valence-electron chi connectivity index (χ0n) is 9.08. The molecule has 2 atom stereocenters. The molecule has 0 radical (unpaired) electrons. The summed E-state index contributed by atoms with van der Waals surface area (Å²) in [6, 6.07) is -0.413. The minimum absolute atomic E-state index is 0.0413. The second-order valence-corrected chi connectivity index (χ2v) is 5.46. The Kier molecular flexibility index (Phi) is 5.44. The molecule has 1 amide bonds. The Bertz CT molecular complexity index is 380. The molecule has 0 aromatic carbocycles. The lowest BCUT2D eigenvalue weighted by Crippen LogP contribution is -2.46. The Balaban J connectivity index is 2.94. The van der Waals surface area contributed by atoms with Gasteiger partial charge in [0.25, 0.3) is 0 Å². The molecule has 7 heteroatoms. The average Bonchev–Trinajstić information content (AvgIpc) is 2.55. The SMILES string of the molecule is CCNC(C(N)=O)C(C)n1cnc(I)c1I. The van der Waals surface area contributed by atoms with Crippen molar-refractivity contribution in [3.8, 4) is 0 Å². The van der Waals surface area contributed by atoms with Gasteiger partial charge in [0.1, 0.15) is 13.4 Å². The first-order valence-corrected chi connectivity index (χ1v) is 7.05. The molecule has 90 valence electrons. The van der Waals surface area contributed by atoms with Crippen LogP contribution in [0.2, 0.25) is 0 Å². The van der Waals surface area contributed by atoms with E-state index >= 15 is 0 Å². The van der Waals surface area contributed by atoms with E-state index in [4.69, 9.17) is 5.73 Å². The van der Waals surface area contributed by atoms with Crippen LogP contribution in [0.5, 0.6) is 0 Å². The second-order valence-electron chi connectivity index (χ2n) is 3.41. The summed E-state index contributed by atoms with van der Waals surface area (Å²) in [7, 11) is 0. The molecular formula is C9H14I2N4O. The van der Waals surface area contributed by atoms with E-state index in [1.165, 1.54) is 0 Å². The zero-order chi connectivity index (χ0) is 12.3. The molecule has 2 unspecified atom stereocenters. The van der Waals surface area contributed by atoms with Crippen molar-refractivity contribution >= 4 is 51.1 Å². The van der Waals surface area contributed by atoms with Gasteiger partial charge in [-0.25, -0.2) is 4.98 Å². The fourth-order valence-corrected chi connectivity index (χ4v) is 2.60. The molecule has 3 N–H and O–H groups in total. The number of nitrogens with zero attached hydrogens (tertiary/aromatic N) is 2. The van der Waals surface area contributed by atoms with Crippen molar-refractivity contribution in [1.29, 1.82) is 0 Å². The van der Waals surface area contributed by atoms with E-state index in [1.807, 2.05) is 18.4 Å². The van der Waals surface area contributed by atoms with E-state index in [1.54, 1.807) is 6.33 Å². The van der Waals surface area contributed by atoms with E-state index in [0.29, 0.717) is 6.54 Å². The third-order valence-corrected chi connectivity index (χ3v) is 5.23. The Hall–Kier alpha value is 0.100. The maximum absolute atomic E-state index is 11.3. The Labute approximate surface area is 122 Å². The van der Waals surface area contributed by atoms with E-state index in [0.717, 1.165) is 7.40 Å². The number of primary amides is 1. The molecule has 1 aromatic heterocycles.